The van der Waals surface area contributed by atoms with Crippen LogP contribution in [0.1, 0.15) is 11.1 Å². The van der Waals surface area contributed by atoms with E-state index in [4.69, 9.17) is 5.73 Å². The monoisotopic (exact) mass is 319 g/mol. The van der Waals surface area contributed by atoms with Crippen LogP contribution in [0.15, 0.2) is 71.9 Å². The molecule has 1 heterocycles. The second-order valence-electron chi connectivity index (χ2n) is 5.47. The average molecular weight is 319 g/mol. The van der Waals surface area contributed by atoms with Crippen LogP contribution >= 0.6 is 0 Å². The number of nitrogen functional groups attached to an aromatic ring is 1. The summed E-state index contributed by atoms with van der Waals surface area (Å²) in [7, 11) is 0. The van der Waals surface area contributed by atoms with Crippen molar-refractivity contribution >= 4 is 17.7 Å². The Morgan fingerprint density at radius 1 is 1.04 bits per heavy atom. The molecule has 0 atom stereocenters. The van der Waals surface area contributed by atoms with E-state index in [2.05, 4.69) is 27.5 Å². The van der Waals surface area contributed by atoms with Gasteiger partial charge in [-0.05, 0) is 11.1 Å². The van der Waals surface area contributed by atoms with E-state index >= 15 is 0 Å². The molecule has 0 saturated heterocycles. The SMILES string of the molecule is Nc1c(N=Cc2ccccc2)cnn1CCNCc1ccccc1. The fourth-order valence-electron chi connectivity index (χ4n) is 2.36. The predicted molar refractivity (Wildman–Crippen MR) is 98.5 cm³/mol. The topological polar surface area (TPSA) is 68.2 Å². The highest BCUT2D eigenvalue weighted by molar-refractivity contribution is 5.83. The third-order valence-electron chi connectivity index (χ3n) is 3.68. The number of nitrogens with zero attached hydrogens (tertiary/aromatic N) is 3. The standard InChI is InChI=1S/C19H21N5/c20-19-18(22-14-17-9-5-2-6-10-17)15-23-24(19)12-11-21-13-16-7-3-1-4-8-16/h1-10,14-15,21H,11-13,20H2. The van der Waals surface area contributed by atoms with Crippen LogP contribution in [-0.2, 0) is 13.1 Å². The minimum absolute atomic E-state index is 0.587. The van der Waals surface area contributed by atoms with Crippen LogP contribution < -0.4 is 11.1 Å². The highest BCUT2D eigenvalue weighted by Gasteiger charge is 2.05. The van der Waals surface area contributed by atoms with Gasteiger partial charge in [-0.1, -0.05) is 60.7 Å². The summed E-state index contributed by atoms with van der Waals surface area (Å²) in [4.78, 5) is 4.42. The van der Waals surface area contributed by atoms with E-state index in [0.717, 1.165) is 18.7 Å². The third-order valence-corrected chi connectivity index (χ3v) is 3.68. The Balaban J connectivity index is 1.52. The lowest BCUT2D eigenvalue weighted by Gasteiger charge is -2.06. The second-order valence-corrected chi connectivity index (χ2v) is 5.47. The van der Waals surface area contributed by atoms with Crippen molar-refractivity contribution in [2.45, 2.75) is 13.1 Å². The van der Waals surface area contributed by atoms with E-state index in [9.17, 15) is 0 Å². The number of rotatable bonds is 7. The van der Waals surface area contributed by atoms with Gasteiger partial charge in [-0.2, -0.15) is 5.10 Å². The van der Waals surface area contributed by atoms with Crippen molar-refractivity contribution in [1.82, 2.24) is 15.1 Å². The van der Waals surface area contributed by atoms with Crippen molar-refractivity contribution in [3.8, 4) is 0 Å². The van der Waals surface area contributed by atoms with Crippen LogP contribution in [0.25, 0.3) is 0 Å². The Kier molecular flexibility index (Phi) is 5.37. The molecule has 5 nitrogen and oxygen atoms in total. The summed E-state index contributed by atoms with van der Waals surface area (Å²) in [6, 6.07) is 20.2. The first-order valence-corrected chi connectivity index (χ1v) is 7.98. The van der Waals surface area contributed by atoms with Gasteiger partial charge in [0.1, 0.15) is 11.5 Å². The number of hydrogen-bond donors (Lipinski definition) is 2. The van der Waals surface area contributed by atoms with Crippen LogP contribution in [0.2, 0.25) is 0 Å². The van der Waals surface area contributed by atoms with E-state index in [0.29, 0.717) is 18.1 Å². The van der Waals surface area contributed by atoms with Crippen LogP contribution in [0, 0.1) is 0 Å². The largest absolute Gasteiger partial charge is 0.382 e. The van der Waals surface area contributed by atoms with E-state index in [1.165, 1.54) is 5.56 Å². The molecule has 3 aromatic rings. The molecule has 1 aromatic heterocycles. The molecule has 0 unspecified atom stereocenters. The van der Waals surface area contributed by atoms with E-state index in [1.807, 2.05) is 48.5 Å². The number of hydrogen-bond acceptors (Lipinski definition) is 4. The summed E-state index contributed by atoms with van der Waals surface area (Å²) in [6.45, 7) is 2.34. The molecule has 0 fully saturated rings. The smallest absolute Gasteiger partial charge is 0.147 e. The molecule has 122 valence electrons. The van der Waals surface area contributed by atoms with Gasteiger partial charge in [-0.3, -0.25) is 4.99 Å². The van der Waals surface area contributed by atoms with Crippen LogP contribution in [0.4, 0.5) is 11.5 Å². The summed E-state index contributed by atoms with van der Waals surface area (Å²) in [5.74, 6) is 0.587. The highest BCUT2D eigenvalue weighted by Crippen LogP contribution is 2.20. The number of anilines is 1. The molecular formula is C19H21N5. The van der Waals surface area contributed by atoms with Crippen molar-refractivity contribution in [1.29, 1.82) is 0 Å². The van der Waals surface area contributed by atoms with Gasteiger partial charge in [-0.25, -0.2) is 4.68 Å². The Morgan fingerprint density at radius 2 is 1.75 bits per heavy atom. The maximum absolute atomic E-state index is 6.12. The molecule has 0 aliphatic carbocycles. The second kappa shape index (κ2) is 8.08. The molecule has 0 aliphatic heterocycles. The van der Waals surface area contributed by atoms with Crippen molar-refractivity contribution < 1.29 is 0 Å². The first kappa shape index (κ1) is 16.0. The molecule has 0 amide bonds. The van der Waals surface area contributed by atoms with Crippen molar-refractivity contribution in [3.63, 3.8) is 0 Å². The van der Waals surface area contributed by atoms with E-state index < -0.39 is 0 Å². The maximum Gasteiger partial charge on any atom is 0.147 e. The molecule has 0 spiro atoms. The average Bonchev–Trinajstić information content (AvgIpc) is 2.99. The molecule has 3 N–H and O–H groups in total. The normalized spacial score (nSPS) is 11.2. The Hall–Kier alpha value is -2.92. The maximum atomic E-state index is 6.12. The number of aromatic nitrogens is 2. The van der Waals surface area contributed by atoms with E-state index in [-0.39, 0.29) is 0 Å². The molecule has 3 rings (SSSR count). The third kappa shape index (κ3) is 4.30. The molecular weight excluding hydrogens is 298 g/mol. The molecule has 24 heavy (non-hydrogen) atoms. The number of nitrogens with one attached hydrogen (secondary N) is 1. The molecule has 2 aromatic carbocycles. The zero-order valence-electron chi connectivity index (χ0n) is 13.5. The summed E-state index contributed by atoms with van der Waals surface area (Å²) < 4.78 is 1.77. The van der Waals surface area contributed by atoms with Gasteiger partial charge in [0, 0.05) is 19.3 Å². The minimum Gasteiger partial charge on any atom is -0.382 e. The van der Waals surface area contributed by atoms with Gasteiger partial charge < -0.3 is 11.1 Å². The van der Waals surface area contributed by atoms with Crippen molar-refractivity contribution in [2.24, 2.45) is 4.99 Å². The lowest BCUT2D eigenvalue weighted by atomic mass is 10.2. The van der Waals surface area contributed by atoms with Crippen LogP contribution in [0.5, 0.6) is 0 Å². The molecule has 0 aliphatic rings. The first-order chi connectivity index (χ1) is 11.8. The summed E-state index contributed by atoms with van der Waals surface area (Å²) in [5.41, 5.74) is 9.12. The molecule has 0 bridgehead atoms. The lowest BCUT2D eigenvalue weighted by molar-refractivity contribution is 0.560. The Bertz CT molecular complexity index is 778. The summed E-state index contributed by atoms with van der Waals surface area (Å²) in [6.07, 6.45) is 3.50. The summed E-state index contributed by atoms with van der Waals surface area (Å²) in [5, 5.41) is 7.70. The molecule has 0 saturated carbocycles. The van der Waals surface area contributed by atoms with Gasteiger partial charge in [0.25, 0.3) is 0 Å². The van der Waals surface area contributed by atoms with Crippen LogP contribution in [-0.4, -0.2) is 22.5 Å². The fraction of sp³-hybridized carbons (Fsp3) is 0.158. The fourth-order valence-corrected chi connectivity index (χ4v) is 2.36. The van der Waals surface area contributed by atoms with Crippen LogP contribution in [0.3, 0.4) is 0 Å². The van der Waals surface area contributed by atoms with Crippen molar-refractivity contribution in [3.05, 3.63) is 78.0 Å². The van der Waals surface area contributed by atoms with Crippen molar-refractivity contribution in [2.75, 3.05) is 12.3 Å². The number of benzene rings is 2. The zero-order valence-corrected chi connectivity index (χ0v) is 13.5. The summed E-state index contributed by atoms with van der Waals surface area (Å²) >= 11 is 0. The Morgan fingerprint density at radius 3 is 2.50 bits per heavy atom. The zero-order chi connectivity index (χ0) is 16.6. The predicted octanol–water partition coefficient (Wildman–Crippen LogP) is 3.01. The van der Waals surface area contributed by atoms with E-state index in [1.54, 1.807) is 17.1 Å². The van der Waals surface area contributed by atoms with Gasteiger partial charge in [-0.15, -0.1) is 0 Å². The number of nitrogens with two attached hydrogens (primary N) is 1. The van der Waals surface area contributed by atoms with Gasteiger partial charge >= 0.3 is 0 Å². The van der Waals surface area contributed by atoms with Gasteiger partial charge in [0.15, 0.2) is 0 Å². The molecule has 5 heteroatoms. The molecule has 0 radical (unpaired) electrons. The first-order valence-electron chi connectivity index (χ1n) is 7.98. The lowest BCUT2D eigenvalue weighted by Crippen LogP contribution is -2.20. The number of aliphatic imine (C=N–C) groups is 1. The highest BCUT2D eigenvalue weighted by atomic mass is 15.3. The van der Waals surface area contributed by atoms with Gasteiger partial charge in [0.05, 0.1) is 12.7 Å². The minimum atomic E-state index is 0.587. The quantitative estimate of drug-likeness (QED) is 0.519. The van der Waals surface area contributed by atoms with Gasteiger partial charge in [0.2, 0.25) is 0 Å². The Labute approximate surface area is 141 Å².